The number of nitrogens with zero attached hydrogens (tertiary/aromatic N) is 2. The first-order valence-electron chi connectivity index (χ1n) is 9.97. The van der Waals surface area contributed by atoms with E-state index < -0.39 is 0 Å². The molecule has 0 aliphatic carbocycles. The summed E-state index contributed by atoms with van der Waals surface area (Å²) in [4.78, 5) is 23.7. The first-order chi connectivity index (χ1) is 13.6. The molecule has 29 heavy (non-hydrogen) atoms. The van der Waals surface area contributed by atoms with Crippen LogP contribution in [0.3, 0.4) is 0 Å². The van der Waals surface area contributed by atoms with Gasteiger partial charge in [-0.1, -0.05) is 0 Å². The summed E-state index contributed by atoms with van der Waals surface area (Å²) in [6.07, 6.45) is 2.95. The number of aromatic nitrogens is 2. The number of anilines is 1. The zero-order chi connectivity index (χ0) is 19.3. The summed E-state index contributed by atoms with van der Waals surface area (Å²) in [5.41, 5.74) is 2.81. The standard InChI is InChI=1S/C20H25N5O3.ClH/c1-25-17-8-11(21-12-6-13-9-28-10-14(7-12)22-13)2-3-15(17)19(24-25)16-4-5-18(26)23-20(16)27;/h2-3,8,12-14,16,21-22H,4-7,9-10H2,1H3,(H,23,26,27);1H/t12?,13-,14+,16?;. The van der Waals surface area contributed by atoms with Gasteiger partial charge in [0.05, 0.1) is 30.3 Å². The van der Waals surface area contributed by atoms with Crippen molar-refractivity contribution in [1.29, 1.82) is 0 Å². The average molecular weight is 420 g/mol. The van der Waals surface area contributed by atoms with Crippen molar-refractivity contribution >= 4 is 40.8 Å². The maximum atomic E-state index is 12.3. The summed E-state index contributed by atoms with van der Waals surface area (Å²) < 4.78 is 7.45. The Labute approximate surface area is 175 Å². The lowest BCUT2D eigenvalue weighted by atomic mass is 9.92. The summed E-state index contributed by atoms with van der Waals surface area (Å²) >= 11 is 0. The van der Waals surface area contributed by atoms with Crippen LogP contribution in [0.25, 0.3) is 10.9 Å². The number of hydrogen-bond acceptors (Lipinski definition) is 6. The molecule has 2 amide bonds. The Morgan fingerprint density at radius 1 is 1.21 bits per heavy atom. The SMILES string of the molecule is Cl.Cn1nc(C2CCC(=O)NC2=O)c2ccc(NC3C[C@H]4COC[C@@H](C3)N4)cc21. The highest BCUT2D eigenvalue weighted by Crippen LogP contribution is 2.32. The highest BCUT2D eigenvalue weighted by Gasteiger charge is 2.33. The predicted molar refractivity (Wildman–Crippen MR) is 111 cm³/mol. The number of imide groups is 1. The van der Waals surface area contributed by atoms with Crippen LogP contribution in [-0.2, 0) is 21.4 Å². The normalized spacial score (nSPS) is 29.3. The Kier molecular flexibility index (Phi) is 5.50. The number of amides is 2. The minimum absolute atomic E-state index is 0. The number of benzene rings is 1. The van der Waals surface area contributed by atoms with Crippen LogP contribution in [0.5, 0.6) is 0 Å². The van der Waals surface area contributed by atoms with Gasteiger partial charge in [0.25, 0.3) is 0 Å². The zero-order valence-corrected chi connectivity index (χ0v) is 17.1. The lowest BCUT2D eigenvalue weighted by molar-refractivity contribution is -0.134. The summed E-state index contributed by atoms with van der Waals surface area (Å²) in [5, 5.41) is 15.3. The average Bonchev–Trinajstić information content (AvgIpc) is 2.98. The fourth-order valence-corrected chi connectivity index (χ4v) is 4.78. The smallest absolute Gasteiger partial charge is 0.235 e. The van der Waals surface area contributed by atoms with Crippen molar-refractivity contribution in [3.63, 3.8) is 0 Å². The van der Waals surface area contributed by atoms with E-state index in [9.17, 15) is 9.59 Å². The molecular weight excluding hydrogens is 394 g/mol. The lowest BCUT2D eigenvalue weighted by Gasteiger charge is -2.40. The second-order valence-electron chi connectivity index (χ2n) is 8.16. The third-order valence-electron chi connectivity index (χ3n) is 6.07. The minimum Gasteiger partial charge on any atom is -0.382 e. The maximum Gasteiger partial charge on any atom is 0.235 e. The molecule has 3 aliphatic rings. The van der Waals surface area contributed by atoms with Crippen molar-refractivity contribution in [1.82, 2.24) is 20.4 Å². The molecule has 3 aliphatic heterocycles. The highest BCUT2D eigenvalue weighted by atomic mass is 35.5. The molecule has 8 nitrogen and oxygen atoms in total. The number of carbonyl (C=O) groups is 2. The lowest BCUT2D eigenvalue weighted by Crippen LogP contribution is -2.56. The van der Waals surface area contributed by atoms with Crippen LogP contribution >= 0.6 is 12.4 Å². The molecule has 1 aromatic heterocycles. The molecule has 0 saturated carbocycles. The Hall–Kier alpha value is -2.16. The number of aryl methyl sites for hydroxylation is 1. The van der Waals surface area contributed by atoms with Crippen LogP contribution in [0.4, 0.5) is 5.69 Å². The van der Waals surface area contributed by atoms with Gasteiger partial charge in [0.2, 0.25) is 11.8 Å². The second kappa shape index (κ2) is 7.93. The zero-order valence-electron chi connectivity index (χ0n) is 16.3. The quantitative estimate of drug-likeness (QED) is 0.651. The largest absolute Gasteiger partial charge is 0.382 e. The van der Waals surface area contributed by atoms with Gasteiger partial charge in [0.1, 0.15) is 0 Å². The molecule has 0 spiro atoms. The Bertz CT molecular complexity index is 934. The molecule has 4 heterocycles. The van der Waals surface area contributed by atoms with Crippen molar-refractivity contribution in [2.75, 3.05) is 18.5 Å². The van der Waals surface area contributed by atoms with Gasteiger partial charge in [-0.15, -0.1) is 12.4 Å². The molecule has 2 unspecified atom stereocenters. The van der Waals surface area contributed by atoms with E-state index in [0.29, 0.717) is 31.0 Å². The van der Waals surface area contributed by atoms with Gasteiger partial charge in [0, 0.05) is 42.7 Å². The van der Waals surface area contributed by atoms with Gasteiger partial charge in [-0.3, -0.25) is 19.6 Å². The predicted octanol–water partition coefficient (Wildman–Crippen LogP) is 1.45. The first-order valence-corrected chi connectivity index (χ1v) is 9.97. The van der Waals surface area contributed by atoms with E-state index in [4.69, 9.17) is 4.74 Å². The number of hydrogen-bond donors (Lipinski definition) is 3. The van der Waals surface area contributed by atoms with Gasteiger partial charge < -0.3 is 15.4 Å². The summed E-state index contributed by atoms with van der Waals surface area (Å²) in [6, 6.07) is 7.46. The number of ether oxygens (including phenoxy) is 1. The Balaban J connectivity index is 0.00000205. The molecule has 4 atom stereocenters. The van der Waals surface area contributed by atoms with E-state index in [2.05, 4.69) is 33.2 Å². The summed E-state index contributed by atoms with van der Waals surface area (Å²) in [6.45, 7) is 1.57. The summed E-state index contributed by atoms with van der Waals surface area (Å²) in [5.74, 6) is -0.823. The van der Waals surface area contributed by atoms with Gasteiger partial charge in [0.15, 0.2) is 0 Å². The van der Waals surface area contributed by atoms with Gasteiger partial charge >= 0.3 is 0 Å². The topological polar surface area (TPSA) is 97.3 Å². The highest BCUT2D eigenvalue weighted by molar-refractivity contribution is 6.02. The fourth-order valence-electron chi connectivity index (χ4n) is 4.78. The molecule has 156 valence electrons. The third-order valence-corrected chi connectivity index (χ3v) is 6.07. The van der Waals surface area contributed by atoms with E-state index in [1.807, 2.05) is 17.8 Å². The van der Waals surface area contributed by atoms with Crippen LogP contribution in [0.1, 0.15) is 37.3 Å². The maximum absolute atomic E-state index is 12.3. The molecule has 9 heteroatoms. The minimum atomic E-state index is -0.371. The van der Waals surface area contributed by atoms with E-state index in [0.717, 1.165) is 48.3 Å². The molecular formula is C20H26ClN5O3. The Morgan fingerprint density at radius 2 is 1.97 bits per heavy atom. The number of nitrogens with one attached hydrogen (secondary N) is 3. The van der Waals surface area contributed by atoms with Crippen molar-refractivity contribution in [2.24, 2.45) is 7.05 Å². The van der Waals surface area contributed by atoms with E-state index in [-0.39, 0.29) is 30.1 Å². The van der Waals surface area contributed by atoms with Crippen LogP contribution in [0, 0.1) is 0 Å². The van der Waals surface area contributed by atoms with Crippen LogP contribution in [0.2, 0.25) is 0 Å². The number of carbonyl (C=O) groups excluding carboxylic acids is 2. The van der Waals surface area contributed by atoms with Crippen molar-refractivity contribution < 1.29 is 14.3 Å². The third kappa shape index (κ3) is 3.84. The van der Waals surface area contributed by atoms with Crippen LogP contribution < -0.4 is 16.0 Å². The second-order valence-corrected chi connectivity index (χ2v) is 8.16. The molecule has 3 fully saturated rings. The molecule has 2 aromatic rings. The molecule has 2 bridgehead atoms. The van der Waals surface area contributed by atoms with E-state index in [1.165, 1.54) is 0 Å². The number of piperidine rings is 2. The Morgan fingerprint density at radius 3 is 2.69 bits per heavy atom. The van der Waals surface area contributed by atoms with Crippen molar-refractivity contribution in [3.8, 4) is 0 Å². The van der Waals surface area contributed by atoms with Gasteiger partial charge in [-0.2, -0.15) is 5.10 Å². The number of morpholine rings is 1. The van der Waals surface area contributed by atoms with Crippen molar-refractivity contribution in [2.45, 2.75) is 49.7 Å². The van der Waals surface area contributed by atoms with Gasteiger partial charge in [-0.05, 0) is 37.5 Å². The molecule has 3 saturated heterocycles. The molecule has 1 aromatic carbocycles. The molecule has 3 N–H and O–H groups in total. The molecule has 0 radical (unpaired) electrons. The number of halogens is 1. The molecule has 5 rings (SSSR count). The number of fused-ring (bicyclic) bond motifs is 3. The number of rotatable bonds is 3. The van der Waals surface area contributed by atoms with E-state index >= 15 is 0 Å². The monoisotopic (exact) mass is 419 g/mol. The van der Waals surface area contributed by atoms with Gasteiger partial charge in [-0.25, -0.2) is 0 Å². The van der Waals surface area contributed by atoms with Crippen LogP contribution in [0.15, 0.2) is 18.2 Å². The van der Waals surface area contributed by atoms with Crippen molar-refractivity contribution in [3.05, 3.63) is 23.9 Å². The fraction of sp³-hybridized carbons (Fsp3) is 0.550. The van der Waals surface area contributed by atoms with Crippen LogP contribution in [-0.4, -0.2) is 52.9 Å². The van der Waals surface area contributed by atoms with E-state index in [1.54, 1.807) is 0 Å². The summed E-state index contributed by atoms with van der Waals surface area (Å²) in [7, 11) is 1.90. The first kappa shape index (κ1) is 20.1.